The lowest BCUT2D eigenvalue weighted by atomic mass is 9.87. The van der Waals surface area contributed by atoms with Crippen LogP contribution < -0.4 is 16.6 Å². The summed E-state index contributed by atoms with van der Waals surface area (Å²) < 4.78 is 5.04. The number of nitrogens with one attached hydrogen (secondary N) is 2. The van der Waals surface area contributed by atoms with Gasteiger partial charge in [0.15, 0.2) is 5.82 Å². The molecule has 1 aliphatic carbocycles. The van der Waals surface area contributed by atoms with E-state index >= 15 is 0 Å². The van der Waals surface area contributed by atoms with Crippen molar-refractivity contribution in [1.29, 1.82) is 0 Å². The number of rotatable bonds is 7. The standard InChI is InChI=1S/C13H23N5O2/c1-20-7-12-16-10(6-11(17-12)18-14)15-8-13(9-19)4-2-3-5-13/h6,19H,2-5,7-9,14H2,1H3,(H2,15,16,17,18). The van der Waals surface area contributed by atoms with E-state index in [-0.39, 0.29) is 12.0 Å². The second kappa shape index (κ2) is 6.83. The molecule has 0 aliphatic heterocycles. The van der Waals surface area contributed by atoms with E-state index in [1.165, 1.54) is 12.8 Å². The molecule has 2 rings (SSSR count). The summed E-state index contributed by atoms with van der Waals surface area (Å²) in [5.74, 6) is 7.21. The molecule has 0 unspecified atom stereocenters. The average Bonchev–Trinajstić information content (AvgIpc) is 2.95. The largest absolute Gasteiger partial charge is 0.396 e. The van der Waals surface area contributed by atoms with Crippen molar-refractivity contribution >= 4 is 11.6 Å². The van der Waals surface area contributed by atoms with Gasteiger partial charge in [0, 0.05) is 25.1 Å². The van der Waals surface area contributed by atoms with Crippen molar-refractivity contribution in [1.82, 2.24) is 9.97 Å². The summed E-state index contributed by atoms with van der Waals surface area (Å²) in [6, 6.07) is 1.75. The van der Waals surface area contributed by atoms with Crippen molar-refractivity contribution < 1.29 is 9.84 Å². The van der Waals surface area contributed by atoms with Gasteiger partial charge in [0.05, 0.1) is 6.61 Å². The van der Waals surface area contributed by atoms with Crippen LogP contribution in [0, 0.1) is 5.41 Å². The maximum absolute atomic E-state index is 9.61. The molecule has 0 radical (unpaired) electrons. The first-order valence-corrected chi connectivity index (χ1v) is 6.89. The normalized spacial score (nSPS) is 17.1. The Hall–Kier alpha value is -1.44. The fourth-order valence-electron chi connectivity index (χ4n) is 2.65. The summed E-state index contributed by atoms with van der Waals surface area (Å²) in [4.78, 5) is 8.57. The second-order valence-corrected chi connectivity index (χ2v) is 5.35. The quantitative estimate of drug-likeness (QED) is 0.434. The van der Waals surface area contributed by atoms with E-state index < -0.39 is 0 Å². The topological polar surface area (TPSA) is 105 Å². The molecule has 0 aromatic carbocycles. The number of hydrogen-bond acceptors (Lipinski definition) is 7. The first kappa shape index (κ1) is 15.0. The van der Waals surface area contributed by atoms with Gasteiger partial charge in [-0.05, 0) is 12.8 Å². The van der Waals surface area contributed by atoms with Gasteiger partial charge in [-0.25, -0.2) is 15.8 Å². The van der Waals surface area contributed by atoms with Gasteiger partial charge in [-0.15, -0.1) is 0 Å². The Kier molecular flexibility index (Phi) is 5.11. The zero-order chi connectivity index (χ0) is 14.4. The van der Waals surface area contributed by atoms with Gasteiger partial charge >= 0.3 is 0 Å². The highest BCUT2D eigenvalue weighted by atomic mass is 16.5. The van der Waals surface area contributed by atoms with E-state index in [0.717, 1.165) is 12.8 Å². The molecule has 1 heterocycles. The van der Waals surface area contributed by atoms with Crippen LogP contribution in [0.25, 0.3) is 0 Å². The zero-order valence-electron chi connectivity index (χ0n) is 11.9. The molecule has 7 heteroatoms. The Balaban J connectivity index is 2.06. The SMILES string of the molecule is COCc1nc(NN)cc(NCC2(CO)CCCC2)n1. The number of anilines is 2. The molecule has 0 spiro atoms. The van der Waals surface area contributed by atoms with Crippen molar-refractivity contribution in [3.8, 4) is 0 Å². The number of nitrogens with two attached hydrogens (primary N) is 1. The van der Waals surface area contributed by atoms with Crippen molar-refractivity contribution in [2.45, 2.75) is 32.3 Å². The highest BCUT2D eigenvalue weighted by Gasteiger charge is 2.33. The molecule has 1 aromatic rings. The smallest absolute Gasteiger partial charge is 0.158 e. The number of aliphatic hydroxyl groups excluding tert-OH is 1. The Labute approximate surface area is 118 Å². The highest BCUT2D eigenvalue weighted by Crippen LogP contribution is 2.37. The van der Waals surface area contributed by atoms with Crippen molar-refractivity contribution in [3.05, 3.63) is 11.9 Å². The van der Waals surface area contributed by atoms with Crippen LogP contribution in [0.2, 0.25) is 0 Å². The van der Waals surface area contributed by atoms with Gasteiger partial charge in [-0.1, -0.05) is 12.8 Å². The Morgan fingerprint density at radius 1 is 1.35 bits per heavy atom. The van der Waals surface area contributed by atoms with E-state index in [0.29, 0.717) is 30.6 Å². The van der Waals surface area contributed by atoms with Gasteiger partial charge in [0.1, 0.15) is 18.2 Å². The fraction of sp³-hybridized carbons (Fsp3) is 0.692. The molecular formula is C13H23N5O2. The van der Waals surface area contributed by atoms with Crippen LogP contribution in [-0.2, 0) is 11.3 Å². The van der Waals surface area contributed by atoms with Crippen molar-refractivity contribution in [2.24, 2.45) is 11.3 Å². The molecule has 0 amide bonds. The molecule has 0 saturated heterocycles. The number of ether oxygens (including phenoxy) is 1. The van der Waals surface area contributed by atoms with Crippen LogP contribution in [0.15, 0.2) is 6.07 Å². The van der Waals surface area contributed by atoms with E-state index in [2.05, 4.69) is 20.7 Å². The number of hydrazine groups is 1. The number of nitrogens with zero attached hydrogens (tertiary/aromatic N) is 2. The van der Waals surface area contributed by atoms with Crippen LogP contribution in [0.3, 0.4) is 0 Å². The minimum atomic E-state index is -0.0251. The molecule has 7 nitrogen and oxygen atoms in total. The van der Waals surface area contributed by atoms with Gasteiger partial charge in [0.2, 0.25) is 0 Å². The number of methoxy groups -OCH3 is 1. The summed E-state index contributed by atoms with van der Waals surface area (Å²) in [5.41, 5.74) is 2.50. The summed E-state index contributed by atoms with van der Waals surface area (Å²) in [6.07, 6.45) is 4.45. The minimum absolute atomic E-state index is 0.0251. The third-order valence-corrected chi connectivity index (χ3v) is 3.84. The lowest BCUT2D eigenvalue weighted by Gasteiger charge is -2.27. The summed E-state index contributed by atoms with van der Waals surface area (Å²) >= 11 is 0. The predicted molar refractivity (Wildman–Crippen MR) is 77.0 cm³/mol. The molecule has 0 atom stereocenters. The average molecular weight is 281 g/mol. The molecular weight excluding hydrogens is 258 g/mol. The number of hydrogen-bond donors (Lipinski definition) is 4. The number of aromatic nitrogens is 2. The third kappa shape index (κ3) is 3.56. The Morgan fingerprint density at radius 2 is 2.05 bits per heavy atom. The van der Waals surface area contributed by atoms with Gasteiger partial charge in [-0.2, -0.15) is 0 Å². The minimum Gasteiger partial charge on any atom is -0.396 e. The molecule has 1 aliphatic rings. The van der Waals surface area contributed by atoms with Gasteiger partial charge in [0.25, 0.3) is 0 Å². The molecule has 1 saturated carbocycles. The first-order valence-electron chi connectivity index (χ1n) is 6.89. The fourth-order valence-corrected chi connectivity index (χ4v) is 2.65. The van der Waals surface area contributed by atoms with Crippen LogP contribution in [0.4, 0.5) is 11.6 Å². The van der Waals surface area contributed by atoms with Crippen molar-refractivity contribution in [2.75, 3.05) is 31.0 Å². The first-order chi connectivity index (χ1) is 9.71. The number of nitrogen functional groups attached to an aromatic ring is 1. The maximum atomic E-state index is 9.61. The molecule has 20 heavy (non-hydrogen) atoms. The van der Waals surface area contributed by atoms with E-state index in [9.17, 15) is 5.11 Å². The highest BCUT2D eigenvalue weighted by molar-refractivity contribution is 5.47. The summed E-state index contributed by atoms with van der Waals surface area (Å²) in [7, 11) is 1.60. The summed E-state index contributed by atoms with van der Waals surface area (Å²) in [6.45, 7) is 1.24. The van der Waals surface area contributed by atoms with Crippen LogP contribution >= 0.6 is 0 Å². The van der Waals surface area contributed by atoms with E-state index in [1.54, 1.807) is 13.2 Å². The van der Waals surface area contributed by atoms with Gasteiger partial charge in [-0.3, -0.25) is 0 Å². The molecule has 1 aromatic heterocycles. The van der Waals surface area contributed by atoms with Crippen LogP contribution in [0.1, 0.15) is 31.5 Å². The number of aliphatic hydroxyl groups is 1. The molecule has 1 fully saturated rings. The van der Waals surface area contributed by atoms with Crippen LogP contribution in [0.5, 0.6) is 0 Å². The van der Waals surface area contributed by atoms with E-state index in [1.807, 2.05) is 0 Å². The van der Waals surface area contributed by atoms with E-state index in [4.69, 9.17) is 10.6 Å². The Bertz CT molecular complexity index is 435. The van der Waals surface area contributed by atoms with Crippen LogP contribution in [-0.4, -0.2) is 35.3 Å². The summed E-state index contributed by atoms with van der Waals surface area (Å²) in [5, 5.41) is 12.9. The van der Waals surface area contributed by atoms with Crippen molar-refractivity contribution in [3.63, 3.8) is 0 Å². The predicted octanol–water partition coefficient (Wildman–Crippen LogP) is 0.873. The zero-order valence-corrected chi connectivity index (χ0v) is 11.9. The second-order valence-electron chi connectivity index (χ2n) is 5.35. The maximum Gasteiger partial charge on any atom is 0.158 e. The molecule has 0 bridgehead atoms. The molecule has 5 N–H and O–H groups in total. The molecule has 112 valence electrons. The lowest BCUT2D eigenvalue weighted by molar-refractivity contribution is 0.142. The lowest BCUT2D eigenvalue weighted by Crippen LogP contribution is -2.31. The third-order valence-electron chi connectivity index (χ3n) is 3.84. The monoisotopic (exact) mass is 281 g/mol. The Morgan fingerprint density at radius 3 is 2.65 bits per heavy atom. The van der Waals surface area contributed by atoms with Gasteiger partial charge < -0.3 is 20.6 Å².